The van der Waals surface area contributed by atoms with Gasteiger partial charge in [0.05, 0.1) is 32.4 Å². The zero-order valence-corrected chi connectivity index (χ0v) is 15.0. The topological polar surface area (TPSA) is 60.9 Å². The van der Waals surface area contributed by atoms with Gasteiger partial charge in [-0.05, 0) is 23.8 Å². The van der Waals surface area contributed by atoms with Crippen molar-refractivity contribution in [2.24, 2.45) is 0 Å². The van der Waals surface area contributed by atoms with Gasteiger partial charge >= 0.3 is 5.97 Å². The number of hydrogen-bond donors (Lipinski definition) is 0. The summed E-state index contributed by atoms with van der Waals surface area (Å²) in [7, 11) is 1.38. The Hall–Kier alpha value is -2.44. The predicted octanol–water partition coefficient (Wildman–Crippen LogP) is 2.81. The third kappa shape index (κ3) is 6.34. The van der Waals surface area contributed by atoms with Gasteiger partial charge in [-0.1, -0.05) is 25.6 Å². The van der Waals surface area contributed by atoms with Crippen molar-refractivity contribution in [1.82, 2.24) is 9.88 Å². The highest BCUT2D eigenvalue weighted by Crippen LogP contribution is 2.22. The van der Waals surface area contributed by atoms with Gasteiger partial charge < -0.3 is 14.2 Å². The number of ether oxygens (including phenoxy) is 3. The van der Waals surface area contributed by atoms with Crippen LogP contribution in [0.2, 0.25) is 0 Å². The van der Waals surface area contributed by atoms with Crippen LogP contribution in [0.15, 0.2) is 42.6 Å². The molecule has 6 nitrogen and oxygen atoms in total. The van der Waals surface area contributed by atoms with Crippen molar-refractivity contribution >= 4 is 5.97 Å². The maximum absolute atomic E-state index is 11.3. The molecule has 1 aromatic carbocycles. The fraction of sp³-hybridized carbons (Fsp3) is 0.429. The molecule has 0 N–H and O–H groups in total. The molecule has 2 heterocycles. The lowest BCUT2D eigenvalue weighted by Crippen LogP contribution is -2.38. The van der Waals surface area contributed by atoms with Crippen LogP contribution in [0.4, 0.5) is 0 Å². The summed E-state index contributed by atoms with van der Waals surface area (Å²) in [6.45, 7) is 5.14. The zero-order valence-electron chi connectivity index (χ0n) is 15.0. The van der Waals surface area contributed by atoms with Crippen molar-refractivity contribution < 1.29 is 19.0 Å². The minimum atomic E-state index is -0.288. The molecule has 27 heavy (non-hydrogen) atoms. The number of methoxy groups -OCH3 is 1. The Morgan fingerprint density at radius 3 is 2.44 bits per heavy atom. The van der Waals surface area contributed by atoms with Gasteiger partial charge in [-0.3, -0.25) is 14.7 Å². The first-order valence-electron chi connectivity index (χ1n) is 8.79. The normalized spacial score (nSPS) is 14.3. The van der Waals surface area contributed by atoms with Crippen molar-refractivity contribution in [2.75, 3.05) is 46.6 Å². The van der Waals surface area contributed by atoms with E-state index < -0.39 is 0 Å². The Kier molecular flexibility index (Phi) is 8.23. The minimum absolute atomic E-state index is 0. The standard InChI is InChI=1S/C20H24N2O4.CH4/c1-24-20(23)14-18-5-2-17(15-21-18)16-3-6-19(7-4-16)26-13-10-22-8-11-25-12-9-22;/h2-7,15H,8-14H2,1H3;1H4. The number of aromatic nitrogens is 1. The Morgan fingerprint density at radius 1 is 1.11 bits per heavy atom. The maximum atomic E-state index is 11.3. The second-order valence-electron chi connectivity index (χ2n) is 6.12. The van der Waals surface area contributed by atoms with Gasteiger partial charge in [0.15, 0.2) is 0 Å². The van der Waals surface area contributed by atoms with Gasteiger partial charge in [0.2, 0.25) is 0 Å². The molecule has 0 radical (unpaired) electrons. The van der Waals surface area contributed by atoms with E-state index in [0.717, 1.165) is 49.7 Å². The summed E-state index contributed by atoms with van der Waals surface area (Å²) in [6, 6.07) is 11.8. The van der Waals surface area contributed by atoms with Crippen LogP contribution in [0.25, 0.3) is 11.1 Å². The van der Waals surface area contributed by atoms with E-state index in [0.29, 0.717) is 12.3 Å². The van der Waals surface area contributed by atoms with Crippen molar-refractivity contribution in [3.63, 3.8) is 0 Å². The number of pyridine rings is 1. The van der Waals surface area contributed by atoms with Crippen LogP contribution in [0, 0.1) is 0 Å². The molecular weight excluding hydrogens is 344 g/mol. The van der Waals surface area contributed by atoms with E-state index >= 15 is 0 Å². The van der Waals surface area contributed by atoms with Gasteiger partial charge in [0.25, 0.3) is 0 Å². The average molecular weight is 372 g/mol. The number of nitrogens with zero attached hydrogens (tertiary/aromatic N) is 2. The smallest absolute Gasteiger partial charge is 0.311 e. The number of esters is 1. The molecular formula is C21H28N2O4. The van der Waals surface area contributed by atoms with E-state index in [1.165, 1.54) is 7.11 Å². The first-order valence-corrected chi connectivity index (χ1v) is 8.79. The van der Waals surface area contributed by atoms with Crippen LogP contribution >= 0.6 is 0 Å². The fourth-order valence-corrected chi connectivity index (χ4v) is 2.78. The largest absolute Gasteiger partial charge is 0.492 e. The Balaban J connectivity index is 0.00000261. The molecule has 1 aliphatic rings. The van der Waals surface area contributed by atoms with Crippen molar-refractivity contribution in [2.45, 2.75) is 13.8 Å². The van der Waals surface area contributed by atoms with Gasteiger partial charge in [-0.15, -0.1) is 0 Å². The third-order valence-corrected chi connectivity index (χ3v) is 4.35. The monoisotopic (exact) mass is 372 g/mol. The van der Waals surface area contributed by atoms with E-state index in [4.69, 9.17) is 9.47 Å². The van der Waals surface area contributed by atoms with Crippen molar-refractivity contribution in [1.29, 1.82) is 0 Å². The predicted molar refractivity (Wildman–Crippen MR) is 105 cm³/mol. The summed E-state index contributed by atoms with van der Waals surface area (Å²) >= 11 is 0. The van der Waals surface area contributed by atoms with Gasteiger partial charge in [-0.25, -0.2) is 0 Å². The molecule has 3 rings (SSSR count). The molecule has 0 bridgehead atoms. The molecule has 146 valence electrons. The fourth-order valence-electron chi connectivity index (χ4n) is 2.78. The van der Waals surface area contributed by atoms with Crippen molar-refractivity contribution in [3.8, 4) is 16.9 Å². The number of carbonyl (C=O) groups is 1. The van der Waals surface area contributed by atoms with E-state index in [1.807, 2.05) is 36.4 Å². The highest BCUT2D eigenvalue weighted by Gasteiger charge is 2.10. The van der Waals surface area contributed by atoms with Crippen LogP contribution in [-0.2, 0) is 20.7 Å². The lowest BCUT2D eigenvalue weighted by atomic mass is 10.1. The number of benzene rings is 1. The Labute approximate surface area is 161 Å². The summed E-state index contributed by atoms with van der Waals surface area (Å²) in [4.78, 5) is 17.9. The second-order valence-corrected chi connectivity index (χ2v) is 6.12. The minimum Gasteiger partial charge on any atom is -0.492 e. The zero-order chi connectivity index (χ0) is 18.2. The van der Waals surface area contributed by atoms with Crippen LogP contribution < -0.4 is 4.74 Å². The van der Waals surface area contributed by atoms with E-state index in [2.05, 4.69) is 14.6 Å². The average Bonchev–Trinajstić information content (AvgIpc) is 2.70. The Bertz CT molecular complexity index is 695. The number of morpholine rings is 1. The first kappa shape index (κ1) is 20.9. The quantitative estimate of drug-likeness (QED) is 0.697. The second kappa shape index (κ2) is 10.6. The van der Waals surface area contributed by atoms with Gasteiger partial charge in [0.1, 0.15) is 12.4 Å². The van der Waals surface area contributed by atoms with Gasteiger partial charge in [-0.2, -0.15) is 0 Å². The molecule has 1 aliphatic heterocycles. The molecule has 0 unspecified atom stereocenters. The highest BCUT2D eigenvalue weighted by atomic mass is 16.5. The molecule has 0 saturated carbocycles. The Morgan fingerprint density at radius 2 is 1.81 bits per heavy atom. The van der Waals surface area contributed by atoms with Gasteiger partial charge in [0, 0.05) is 31.4 Å². The van der Waals surface area contributed by atoms with Crippen LogP contribution in [0.5, 0.6) is 5.75 Å². The molecule has 0 amide bonds. The van der Waals surface area contributed by atoms with Crippen LogP contribution in [-0.4, -0.2) is 62.4 Å². The lowest BCUT2D eigenvalue weighted by molar-refractivity contribution is -0.139. The summed E-state index contributed by atoms with van der Waals surface area (Å²) < 4.78 is 15.8. The molecule has 1 saturated heterocycles. The molecule has 6 heteroatoms. The first-order chi connectivity index (χ1) is 12.7. The summed E-state index contributed by atoms with van der Waals surface area (Å²) in [5.74, 6) is 0.570. The summed E-state index contributed by atoms with van der Waals surface area (Å²) in [5, 5.41) is 0. The van der Waals surface area contributed by atoms with E-state index in [-0.39, 0.29) is 19.8 Å². The molecule has 1 aromatic heterocycles. The number of rotatable bonds is 7. The van der Waals surface area contributed by atoms with Crippen molar-refractivity contribution in [3.05, 3.63) is 48.3 Å². The summed E-state index contributed by atoms with van der Waals surface area (Å²) in [5.41, 5.74) is 2.75. The lowest BCUT2D eigenvalue weighted by Gasteiger charge is -2.26. The number of hydrogen-bond acceptors (Lipinski definition) is 6. The highest BCUT2D eigenvalue weighted by molar-refractivity contribution is 5.72. The molecule has 0 aliphatic carbocycles. The van der Waals surface area contributed by atoms with E-state index in [9.17, 15) is 4.79 Å². The van der Waals surface area contributed by atoms with Crippen LogP contribution in [0.3, 0.4) is 0 Å². The third-order valence-electron chi connectivity index (χ3n) is 4.35. The maximum Gasteiger partial charge on any atom is 0.311 e. The number of carbonyl (C=O) groups excluding carboxylic acids is 1. The SMILES string of the molecule is C.COC(=O)Cc1ccc(-c2ccc(OCCN3CCOCC3)cc2)cn1. The van der Waals surface area contributed by atoms with Crippen LogP contribution in [0.1, 0.15) is 13.1 Å². The molecule has 0 atom stereocenters. The molecule has 2 aromatic rings. The van der Waals surface area contributed by atoms with E-state index in [1.54, 1.807) is 6.20 Å². The molecule has 0 spiro atoms. The summed E-state index contributed by atoms with van der Waals surface area (Å²) in [6.07, 6.45) is 1.96. The molecule has 1 fully saturated rings.